The molecule has 2 fully saturated rings. The Hall–Kier alpha value is -2.70. The summed E-state index contributed by atoms with van der Waals surface area (Å²) in [5.41, 5.74) is 1.77. The van der Waals surface area contributed by atoms with Gasteiger partial charge in [-0.3, -0.25) is 4.79 Å². The van der Waals surface area contributed by atoms with Crippen LogP contribution in [0.25, 0.3) is 6.08 Å². The molecule has 12 heteroatoms. The first-order valence-corrected chi connectivity index (χ1v) is 14.7. The van der Waals surface area contributed by atoms with Gasteiger partial charge in [-0.15, -0.1) is 0 Å². The SMILES string of the molecule is C/C(=C\c1ccc(OC2CC[C@@H](/C(C)=C/COc3ccc(Cl)cc3Cl)O2)c(F)c1)C(=O)NC1[C@H](O)CCC[C@@H]1O.OCO. The minimum atomic E-state index is -0.798. The molecule has 5 N–H and O–H groups in total. The molecule has 9 nitrogen and oxygen atoms in total. The Labute approximate surface area is 260 Å². The standard InChI is InChI=1S/C30H34Cl2FNO6.CH4O2/c1-17(12-13-38-26-9-7-20(31)16-21(26)32)25-10-11-28(39-25)40-27-8-6-19(15-22(27)33)14-18(2)30(37)34-29-23(35)4-3-5-24(29)36;2-1-3/h6-9,12,14-16,23-25,28-29,35-36H,3-5,10-11,13H2,1-2H3,(H,34,37);2-3H,1H2/b17-12+,18-14+;/t23-,24+,25-,28?,29?;/m0./s1. The number of halogens is 3. The summed E-state index contributed by atoms with van der Waals surface area (Å²) in [5, 5.41) is 38.1. The van der Waals surface area contributed by atoms with Crippen molar-refractivity contribution in [3.63, 3.8) is 0 Å². The molecule has 0 bridgehead atoms. The molecule has 5 atom stereocenters. The molecule has 1 aliphatic heterocycles. The molecule has 0 aromatic heterocycles. The number of carbonyl (C=O) groups excluding carboxylic acids is 1. The van der Waals surface area contributed by atoms with Gasteiger partial charge >= 0.3 is 0 Å². The van der Waals surface area contributed by atoms with E-state index in [0.29, 0.717) is 59.2 Å². The molecule has 1 saturated carbocycles. The Balaban J connectivity index is 0.00000162. The van der Waals surface area contributed by atoms with Crippen LogP contribution in [0.3, 0.4) is 0 Å². The predicted octanol–water partition coefficient (Wildman–Crippen LogP) is 4.76. The second-order valence-electron chi connectivity index (χ2n) is 10.3. The van der Waals surface area contributed by atoms with Gasteiger partial charge in [-0.25, -0.2) is 4.39 Å². The Morgan fingerprint density at radius 3 is 2.37 bits per heavy atom. The fourth-order valence-electron chi connectivity index (χ4n) is 4.78. The third-order valence-corrected chi connectivity index (χ3v) is 7.64. The summed E-state index contributed by atoms with van der Waals surface area (Å²) in [6.45, 7) is 3.09. The van der Waals surface area contributed by atoms with Crippen molar-refractivity contribution in [3.05, 3.63) is 75.0 Å². The second kappa shape index (κ2) is 17.0. The highest BCUT2D eigenvalue weighted by Gasteiger charge is 2.32. The van der Waals surface area contributed by atoms with Gasteiger partial charge in [0.05, 0.1) is 29.4 Å². The number of benzene rings is 2. The van der Waals surface area contributed by atoms with Crippen molar-refractivity contribution in [1.82, 2.24) is 5.32 Å². The molecule has 2 aromatic carbocycles. The second-order valence-corrected chi connectivity index (χ2v) is 11.2. The Morgan fingerprint density at radius 1 is 1.05 bits per heavy atom. The molecule has 4 rings (SSSR count). The van der Waals surface area contributed by atoms with Crippen LogP contribution in [0, 0.1) is 5.82 Å². The van der Waals surface area contributed by atoms with Crippen LogP contribution < -0.4 is 14.8 Å². The van der Waals surface area contributed by atoms with E-state index < -0.39 is 43.1 Å². The average Bonchev–Trinajstić information content (AvgIpc) is 3.42. The predicted molar refractivity (Wildman–Crippen MR) is 161 cm³/mol. The van der Waals surface area contributed by atoms with E-state index in [1.54, 1.807) is 37.3 Å². The van der Waals surface area contributed by atoms with E-state index in [1.807, 2.05) is 13.0 Å². The van der Waals surface area contributed by atoms with E-state index in [4.69, 9.17) is 47.6 Å². The van der Waals surface area contributed by atoms with Crippen molar-refractivity contribution in [1.29, 1.82) is 0 Å². The highest BCUT2D eigenvalue weighted by Crippen LogP contribution is 2.30. The fraction of sp³-hybridized carbons (Fsp3) is 0.452. The Bertz CT molecular complexity index is 1280. The lowest BCUT2D eigenvalue weighted by molar-refractivity contribution is -0.121. The normalized spacial score (nSPS) is 24.2. The Morgan fingerprint density at radius 2 is 1.72 bits per heavy atom. The van der Waals surface area contributed by atoms with E-state index >= 15 is 0 Å². The van der Waals surface area contributed by atoms with Gasteiger partial charge in [-0.05, 0) is 93.2 Å². The highest BCUT2D eigenvalue weighted by molar-refractivity contribution is 6.35. The molecule has 43 heavy (non-hydrogen) atoms. The number of ether oxygens (including phenoxy) is 3. The average molecular weight is 643 g/mol. The van der Waals surface area contributed by atoms with Gasteiger partial charge in [-0.2, -0.15) is 0 Å². The van der Waals surface area contributed by atoms with E-state index in [2.05, 4.69) is 5.32 Å². The van der Waals surface area contributed by atoms with Crippen LogP contribution in [0.15, 0.2) is 53.6 Å². The smallest absolute Gasteiger partial charge is 0.247 e. The van der Waals surface area contributed by atoms with Crippen LogP contribution in [0.4, 0.5) is 4.39 Å². The molecule has 2 unspecified atom stereocenters. The number of hydrogen-bond acceptors (Lipinski definition) is 8. The third kappa shape index (κ3) is 10.5. The monoisotopic (exact) mass is 641 g/mol. The lowest BCUT2D eigenvalue weighted by Crippen LogP contribution is -2.53. The lowest BCUT2D eigenvalue weighted by Gasteiger charge is -2.32. The van der Waals surface area contributed by atoms with Crippen molar-refractivity contribution in [2.24, 2.45) is 0 Å². The molecule has 236 valence electrons. The summed E-state index contributed by atoms with van der Waals surface area (Å²) in [5.74, 6) is -0.412. The summed E-state index contributed by atoms with van der Waals surface area (Å²) >= 11 is 12.0. The highest BCUT2D eigenvalue weighted by atomic mass is 35.5. The van der Waals surface area contributed by atoms with Gasteiger partial charge in [-0.1, -0.05) is 29.3 Å². The van der Waals surface area contributed by atoms with E-state index in [9.17, 15) is 19.4 Å². The van der Waals surface area contributed by atoms with Crippen LogP contribution in [0.2, 0.25) is 10.0 Å². The van der Waals surface area contributed by atoms with Crippen molar-refractivity contribution in [2.45, 2.75) is 76.6 Å². The quantitative estimate of drug-likeness (QED) is 0.150. The molecule has 1 heterocycles. The molecule has 1 saturated heterocycles. The first-order valence-electron chi connectivity index (χ1n) is 14.0. The minimum Gasteiger partial charge on any atom is -0.488 e. The topological polar surface area (TPSA) is 138 Å². The van der Waals surface area contributed by atoms with E-state index in [-0.39, 0.29) is 11.9 Å². The van der Waals surface area contributed by atoms with E-state index in [0.717, 1.165) is 12.0 Å². The number of carbonyl (C=O) groups is 1. The van der Waals surface area contributed by atoms with Gasteiger partial charge in [0.2, 0.25) is 12.2 Å². The number of hydrogen-bond donors (Lipinski definition) is 5. The maximum absolute atomic E-state index is 14.8. The minimum absolute atomic E-state index is 0.0562. The van der Waals surface area contributed by atoms with Crippen LogP contribution in [0.5, 0.6) is 11.5 Å². The molecule has 0 radical (unpaired) electrons. The first-order chi connectivity index (χ1) is 20.5. The number of amides is 1. The van der Waals surface area contributed by atoms with Crippen molar-refractivity contribution < 1.29 is 43.8 Å². The largest absolute Gasteiger partial charge is 0.488 e. The number of rotatable bonds is 9. The zero-order chi connectivity index (χ0) is 31.5. The third-order valence-electron chi connectivity index (χ3n) is 7.11. The van der Waals surface area contributed by atoms with Crippen molar-refractivity contribution in [3.8, 4) is 11.5 Å². The first kappa shape index (κ1) is 34.8. The summed E-state index contributed by atoms with van der Waals surface area (Å²) in [4.78, 5) is 12.6. The maximum Gasteiger partial charge on any atom is 0.247 e. The number of aliphatic hydroxyl groups is 4. The zero-order valence-corrected chi connectivity index (χ0v) is 25.5. The summed E-state index contributed by atoms with van der Waals surface area (Å²) in [6.07, 6.45) is 4.14. The molecular weight excluding hydrogens is 604 g/mol. The fourth-order valence-corrected chi connectivity index (χ4v) is 5.25. The van der Waals surface area contributed by atoms with Gasteiger partial charge < -0.3 is 40.0 Å². The summed E-state index contributed by atoms with van der Waals surface area (Å²) < 4.78 is 32.3. The molecule has 1 amide bonds. The Kier molecular flexibility index (Phi) is 13.7. The molecular formula is C31H38Cl2FNO8. The van der Waals surface area contributed by atoms with Crippen molar-refractivity contribution >= 4 is 35.2 Å². The molecule has 2 aromatic rings. The van der Waals surface area contributed by atoms with Crippen LogP contribution in [0.1, 0.15) is 51.5 Å². The lowest BCUT2D eigenvalue weighted by atomic mass is 9.89. The van der Waals surface area contributed by atoms with E-state index in [1.165, 1.54) is 12.1 Å². The summed E-state index contributed by atoms with van der Waals surface area (Å²) in [7, 11) is 0. The maximum atomic E-state index is 14.8. The molecule has 0 spiro atoms. The van der Waals surface area contributed by atoms with Crippen LogP contribution in [-0.2, 0) is 9.53 Å². The van der Waals surface area contributed by atoms with Gasteiger partial charge in [0.25, 0.3) is 0 Å². The van der Waals surface area contributed by atoms with Gasteiger partial charge in [0, 0.05) is 17.0 Å². The molecule has 1 aliphatic carbocycles. The number of aliphatic hydroxyl groups excluding tert-OH is 3. The van der Waals surface area contributed by atoms with Crippen LogP contribution >= 0.6 is 23.2 Å². The number of nitrogens with one attached hydrogen (secondary N) is 1. The molecule has 2 aliphatic rings. The van der Waals surface area contributed by atoms with Crippen molar-refractivity contribution in [2.75, 3.05) is 13.4 Å². The van der Waals surface area contributed by atoms with Crippen LogP contribution in [-0.4, -0.2) is 70.4 Å². The van der Waals surface area contributed by atoms with Gasteiger partial charge in [0.15, 0.2) is 11.6 Å². The van der Waals surface area contributed by atoms with Gasteiger partial charge in [0.1, 0.15) is 19.1 Å². The zero-order valence-electron chi connectivity index (χ0n) is 24.0. The summed E-state index contributed by atoms with van der Waals surface area (Å²) in [6, 6.07) is 8.75.